The first kappa shape index (κ1) is 12.6. The zero-order valence-corrected chi connectivity index (χ0v) is 11.7. The van der Waals surface area contributed by atoms with E-state index in [-0.39, 0.29) is 0 Å². The largest absolute Gasteiger partial charge is 0.316 e. The van der Waals surface area contributed by atoms with Crippen LogP contribution in [0, 0.1) is 33.6 Å². The minimum Gasteiger partial charge on any atom is -0.316 e. The summed E-state index contributed by atoms with van der Waals surface area (Å²) in [6.07, 6.45) is 3.98. The molecule has 0 spiro atoms. The lowest BCUT2D eigenvalue weighted by Crippen LogP contribution is -2.31. The Morgan fingerprint density at radius 2 is 1.88 bits per heavy atom. The molecule has 0 saturated carbocycles. The molecule has 1 heterocycles. The van der Waals surface area contributed by atoms with Crippen molar-refractivity contribution >= 4 is 0 Å². The van der Waals surface area contributed by atoms with Gasteiger partial charge in [0.1, 0.15) is 0 Å². The molecule has 0 aliphatic carbocycles. The Morgan fingerprint density at radius 1 is 1.12 bits per heavy atom. The monoisotopic (exact) mass is 231 g/mol. The number of piperidine rings is 1. The summed E-state index contributed by atoms with van der Waals surface area (Å²) in [6.45, 7) is 11.4. The van der Waals surface area contributed by atoms with Crippen LogP contribution in [0.2, 0.25) is 0 Å². The second-order valence-electron chi connectivity index (χ2n) is 5.64. The van der Waals surface area contributed by atoms with Crippen LogP contribution >= 0.6 is 0 Å². The number of aryl methyl sites for hydroxylation is 1. The zero-order chi connectivity index (χ0) is 12.4. The topological polar surface area (TPSA) is 12.0 Å². The molecule has 1 unspecified atom stereocenters. The molecule has 1 saturated heterocycles. The van der Waals surface area contributed by atoms with Crippen LogP contribution in [0.5, 0.6) is 0 Å². The first-order chi connectivity index (χ1) is 8.09. The van der Waals surface area contributed by atoms with E-state index in [4.69, 9.17) is 0 Å². The van der Waals surface area contributed by atoms with E-state index in [1.54, 1.807) is 5.56 Å². The number of rotatable bonds is 2. The molecule has 1 aromatic carbocycles. The van der Waals surface area contributed by atoms with Gasteiger partial charge < -0.3 is 5.32 Å². The maximum Gasteiger partial charge on any atom is -0.00173 e. The lowest BCUT2D eigenvalue weighted by molar-refractivity contribution is 0.375. The Morgan fingerprint density at radius 3 is 2.53 bits per heavy atom. The van der Waals surface area contributed by atoms with Crippen molar-refractivity contribution in [3.63, 3.8) is 0 Å². The Hall–Kier alpha value is -0.820. The smallest absolute Gasteiger partial charge is 0.00173 e. The van der Waals surface area contributed by atoms with Gasteiger partial charge in [0, 0.05) is 0 Å². The summed E-state index contributed by atoms with van der Waals surface area (Å²) in [7, 11) is 0. The highest BCUT2D eigenvalue weighted by atomic mass is 14.9. The van der Waals surface area contributed by atoms with Gasteiger partial charge in [0.05, 0.1) is 0 Å². The van der Waals surface area contributed by atoms with E-state index in [9.17, 15) is 0 Å². The highest BCUT2D eigenvalue weighted by molar-refractivity contribution is 5.43. The Bertz CT molecular complexity index is 400. The fraction of sp³-hybridized carbons (Fsp3) is 0.625. The van der Waals surface area contributed by atoms with Crippen LogP contribution in [0.15, 0.2) is 6.07 Å². The first-order valence-corrected chi connectivity index (χ1v) is 6.86. The van der Waals surface area contributed by atoms with Crippen molar-refractivity contribution in [1.82, 2.24) is 5.32 Å². The number of benzene rings is 1. The predicted octanol–water partition coefficient (Wildman–Crippen LogP) is 3.46. The molecule has 0 radical (unpaired) electrons. The van der Waals surface area contributed by atoms with E-state index in [1.165, 1.54) is 54.6 Å². The Kier molecular flexibility index (Phi) is 3.88. The molecule has 1 aliphatic heterocycles. The third-order valence-corrected chi connectivity index (χ3v) is 4.50. The van der Waals surface area contributed by atoms with Gasteiger partial charge in [-0.3, -0.25) is 0 Å². The van der Waals surface area contributed by atoms with E-state index >= 15 is 0 Å². The van der Waals surface area contributed by atoms with Crippen LogP contribution in [0.4, 0.5) is 0 Å². The fourth-order valence-corrected chi connectivity index (χ4v) is 2.92. The van der Waals surface area contributed by atoms with Crippen molar-refractivity contribution in [3.05, 3.63) is 33.9 Å². The maximum absolute atomic E-state index is 3.52. The molecule has 1 aromatic rings. The maximum atomic E-state index is 3.52. The third-order valence-electron chi connectivity index (χ3n) is 4.50. The molecule has 1 fully saturated rings. The van der Waals surface area contributed by atoms with Crippen LogP contribution in [0.3, 0.4) is 0 Å². The molecule has 1 nitrogen and oxygen atoms in total. The molecular formula is C16H25N. The summed E-state index contributed by atoms with van der Waals surface area (Å²) < 4.78 is 0. The van der Waals surface area contributed by atoms with Gasteiger partial charge in [0.25, 0.3) is 0 Å². The van der Waals surface area contributed by atoms with E-state index in [0.29, 0.717) is 0 Å². The van der Waals surface area contributed by atoms with Crippen LogP contribution in [-0.2, 0) is 6.42 Å². The summed E-state index contributed by atoms with van der Waals surface area (Å²) in [6, 6.07) is 2.41. The minimum atomic E-state index is 0.837. The quantitative estimate of drug-likeness (QED) is 0.822. The van der Waals surface area contributed by atoms with Crippen LogP contribution < -0.4 is 5.32 Å². The van der Waals surface area contributed by atoms with Gasteiger partial charge >= 0.3 is 0 Å². The van der Waals surface area contributed by atoms with Gasteiger partial charge in [-0.2, -0.15) is 0 Å². The zero-order valence-electron chi connectivity index (χ0n) is 11.7. The van der Waals surface area contributed by atoms with Gasteiger partial charge in [0.15, 0.2) is 0 Å². The lowest BCUT2D eigenvalue weighted by Gasteiger charge is -2.24. The molecule has 94 valence electrons. The van der Waals surface area contributed by atoms with Crippen molar-refractivity contribution in [3.8, 4) is 0 Å². The summed E-state index contributed by atoms with van der Waals surface area (Å²) in [4.78, 5) is 0. The second kappa shape index (κ2) is 5.22. The highest BCUT2D eigenvalue weighted by Crippen LogP contribution is 2.25. The molecule has 2 rings (SSSR count). The predicted molar refractivity (Wildman–Crippen MR) is 74.7 cm³/mol. The molecule has 0 amide bonds. The van der Waals surface area contributed by atoms with Crippen LogP contribution in [-0.4, -0.2) is 13.1 Å². The van der Waals surface area contributed by atoms with Crippen molar-refractivity contribution in [1.29, 1.82) is 0 Å². The van der Waals surface area contributed by atoms with Crippen molar-refractivity contribution in [2.75, 3.05) is 13.1 Å². The van der Waals surface area contributed by atoms with Gasteiger partial charge in [-0.05, 0) is 93.8 Å². The summed E-state index contributed by atoms with van der Waals surface area (Å²) in [5.41, 5.74) is 7.49. The SMILES string of the molecule is Cc1cc(CC2CCCNC2)c(C)c(C)c1C. The number of hydrogen-bond donors (Lipinski definition) is 1. The Balaban J connectivity index is 2.20. The van der Waals surface area contributed by atoms with Gasteiger partial charge in [-0.25, -0.2) is 0 Å². The number of hydrogen-bond acceptors (Lipinski definition) is 1. The van der Waals surface area contributed by atoms with Gasteiger partial charge in [-0.15, -0.1) is 0 Å². The van der Waals surface area contributed by atoms with Crippen LogP contribution in [0.1, 0.15) is 40.7 Å². The van der Waals surface area contributed by atoms with Crippen LogP contribution in [0.25, 0.3) is 0 Å². The molecular weight excluding hydrogens is 206 g/mol. The second-order valence-corrected chi connectivity index (χ2v) is 5.64. The van der Waals surface area contributed by atoms with Gasteiger partial charge in [-0.1, -0.05) is 6.07 Å². The van der Waals surface area contributed by atoms with E-state index in [1.807, 2.05) is 0 Å². The van der Waals surface area contributed by atoms with E-state index < -0.39 is 0 Å². The highest BCUT2D eigenvalue weighted by Gasteiger charge is 2.16. The third kappa shape index (κ3) is 2.71. The molecule has 17 heavy (non-hydrogen) atoms. The van der Waals surface area contributed by atoms with E-state index in [2.05, 4.69) is 39.1 Å². The normalized spacial score (nSPS) is 20.6. The van der Waals surface area contributed by atoms with E-state index in [0.717, 1.165) is 5.92 Å². The summed E-state index contributed by atoms with van der Waals surface area (Å²) >= 11 is 0. The molecule has 1 heteroatoms. The molecule has 0 bridgehead atoms. The summed E-state index contributed by atoms with van der Waals surface area (Å²) in [5.74, 6) is 0.837. The standard InChI is InChI=1S/C16H25N/c1-11-8-16(14(4)13(3)12(11)2)9-15-6-5-7-17-10-15/h8,15,17H,5-7,9-10H2,1-4H3. The van der Waals surface area contributed by atoms with Gasteiger partial charge in [0.2, 0.25) is 0 Å². The fourth-order valence-electron chi connectivity index (χ4n) is 2.92. The van der Waals surface area contributed by atoms with Crippen molar-refractivity contribution < 1.29 is 0 Å². The van der Waals surface area contributed by atoms with Crippen molar-refractivity contribution in [2.24, 2.45) is 5.92 Å². The average Bonchev–Trinajstić information content (AvgIpc) is 2.35. The summed E-state index contributed by atoms with van der Waals surface area (Å²) in [5, 5.41) is 3.52. The Labute approximate surface area is 106 Å². The molecule has 0 aromatic heterocycles. The average molecular weight is 231 g/mol. The molecule has 1 atom stereocenters. The lowest BCUT2D eigenvalue weighted by atomic mass is 9.87. The first-order valence-electron chi connectivity index (χ1n) is 6.86. The molecule has 1 aliphatic rings. The molecule has 1 N–H and O–H groups in total. The minimum absolute atomic E-state index is 0.837. The number of nitrogens with one attached hydrogen (secondary N) is 1. The van der Waals surface area contributed by atoms with Crippen molar-refractivity contribution in [2.45, 2.75) is 47.0 Å².